The van der Waals surface area contributed by atoms with Crippen LogP contribution in [-0.2, 0) is 10.0 Å². The molecule has 6 heteroatoms. The Labute approximate surface area is 113 Å². The van der Waals surface area contributed by atoms with Crippen molar-refractivity contribution in [2.75, 3.05) is 19.6 Å². The van der Waals surface area contributed by atoms with Gasteiger partial charge in [0.25, 0.3) is 0 Å². The van der Waals surface area contributed by atoms with E-state index in [4.69, 9.17) is 0 Å². The van der Waals surface area contributed by atoms with E-state index < -0.39 is 10.0 Å². The lowest BCUT2D eigenvalue weighted by atomic mass is 10.2. The zero-order valence-electron chi connectivity index (χ0n) is 10.8. The van der Waals surface area contributed by atoms with Crippen LogP contribution in [0.1, 0.15) is 6.92 Å². The van der Waals surface area contributed by atoms with Crippen LogP contribution >= 0.6 is 0 Å². The molecule has 0 aliphatic carbocycles. The predicted molar refractivity (Wildman–Crippen MR) is 75.5 cm³/mol. The number of aromatic nitrogens is 1. The summed E-state index contributed by atoms with van der Waals surface area (Å²) in [5.74, 6) is 0. The third-order valence-electron chi connectivity index (χ3n) is 2.77. The molecule has 2 N–H and O–H groups in total. The second kappa shape index (κ2) is 6.10. The van der Waals surface area contributed by atoms with E-state index in [-0.39, 0.29) is 0 Å². The zero-order chi connectivity index (χ0) is 13.7. The topological polar surface area (TPSA) is 71.1 Å². The van der Waals surface area contributed by atoms with Gasteiger partial charge >= 0.3 is 0 Å². The molecule has 0 unspecified atom stereocenters. The molecule has 1 aromatic heterocycles. The van der Waals surface area contributed by atoms with Crippen molar-refractivity contribution in [3.05, 3.63) is 36.7 Å². The normalized spacial score (nSPS) is 11.8. The van der Waals surface area contributed by atoms with E-state index in [0.29, 0.717) is 23.4 Å². The maximum absolute atomic E-state index is 12.3. The SMILES string of the molecule is CCNCCNS(=O)(=O)c1cccc2cnccc12. The number of nitrogens with one attached hydrogen (secondary N) is 2. The number of rotatable bonds is 6. The molecule has 5 nitrogen and oxygen atoms in total. The van der Waals surface area contributed by atoms with Gasteiger partial charge in [-0.3, -0.25) is 4.98 Å². The van der Waals surface area contributed by atoms with E-state index in [0.717, 1.165) is 11.9 Å². The molecule has 1 aromatic carbocycles. The average molecular weight is 279 g/mol. The van der Waals surface area contributed by atoms with E-state index in [1.165, 1.54) is 0 Å². The Bertz CT molecular complexity index is 650. The minimum absolute atomic E-state index is 0.295. The standard InChI is InChI=1S/C13H17N3O2S/c1-2-14-8-9-16-19(17,18)13-5-3-4-11-10-15-7-6-12(11)13/h3-7,10,14,16H,2,8-9H2,1H3. The summed E-state index contributed by atoms with van der Waals surface area (Å²) in [6.45, 7) is 3.79. The smallest absolute Gasteiger partial charge is 0.241 e. The van der Waals surface area contributed by atoms with Crippen LogP contribution < -0.4 is 10.0 Å². The van der Waals surface area contributed by atoms with Gasteiger partial charge in [-0.2, -0.15) is 0 Å². The summed E-state index contributed by atoms with van der Waals surface area (Å²) in [5, 5.41) is 4.58. The third kappa shape index (κ3) is 3.28. The molecular formula is C13H17N3O2S. The van der Waals surface area contributed by atoms with Gasteiger partial charge in [0.05, 0.1) is 4.90 Å². The number of hydrogen-bond acceptors (Lipinski definition) is 4. The van der Waals surface area contributed by atoms with Crippen LogP contribution in [0.15, 0.2) is 41.6 Å². The first-order chi connectivity index (χ1) is 9.15. The molecule has 0 fully saturated rings. The monoisotopic (exact) mass is 279 g/mol. The highest BCUT2D eigenvalue weighted by molar-refractivity contribution is 7.89. The number of likely N-dealkylation sites (N-methyl/N-ethyl adjacent to an activating group) is 1. The summed E-state index contributed by atoms with van der Waals surface area (Å²) in [7, 11) is -3.49. The Morgan fingerprint density at radius 1 is 1.21 bits per heavy atom. The van der Waals surface area contributed by atoms with Gasteiger partial charge in [0.1, 0.15) is 0 Å². The maximum atomic E-state index is 12.3. The summed E-state index contributed by atoms with van der Waals surface area (Å²) in [4.78, 5) is 4.29. The molecule has 0 saturated heterocycles. The Balaban J connectivity index is 2.28. The van der Waals surface area contributed by atoms with Gasteiger partial charge in [-0.25, -0.2) is 13.1 Å². The van der Waals surface area contributed by atoms with E-state index in [1.807, 2.05) is 13.0 Å². The van der Waals surface area contributed by atoms with Crippen molar-refractivity contribution in [2.24, 2.45) is 0 Å². The Hall–Kier alpha value is -1.50. The van der Waals surface area contributed by atoms with E-state index >= 15 is 0 Å². The molecule has 0 spiro atoms. The molecule has 2 aromatic rings. The van der Waals surface area contributed by atoms with Crippen LogP contribution in [0.4, 0.5) is 0 Å². The maximum Gasteiger partial charge on any atom is 0.241 e. The number of pyridine rings is 1. The molecule has 0 aliphatic heterocycles. The van der Waals surface area contributed by atoms with Gasteiger partial charge < -0.3 is 5.32 Å². The summed E-state index contributed by atoms with van der Waals surface area (Å²) in [6, 6.07) is 6.90. The van der Waals surface area contributed by atoms with E-state index in [9.17, 15) is 8.42 Å². The van der Waals surface area contributed by atoms with Crippen molar-refractivity contribution < 1.29 is 8.42 Å². The van der Waals surface area contributed by atoms with Gasteiger partial charge in [0.15, 0.2) is 0 Å². The fraction of sp³-hybridized carbons (Fsp3) is 0.308. The first-order valence-corrected chi connectivity index (χ1v) is 7.66. The van der Waals surface area contributed by atoms with Crippen LogP contribution in [0, 0.1) is 0 Å². The molecular weight excluding hydrogens is 262 g/mol. The lowest BCUT2D eigenvalue weighted by Gasteiger charge is -2.09. The van der Waals surface area contributed by atoms with Crippen molar-refractivity contribution in [1.82, 2.24) is 15.0 Å². The number of fused-ring (bicyclic) bond motifs is 1. The van der Waals surface area contributed by atoms with Gasteiger partial charge in [-0.1, -0.05) is 19.1 Å². The molecule has 0 saturated carbocycles. The lowest BCUT2D eigenvalue weighted by Crippen LogP contribution is -2.31. The highest BCUT2D eigenvalue weighted by atomic mass is 32.2. The van der Waals surface area contributed by atoms with Crippen LogP contribution in [0.2, 0.25) is 0 Å². The first-order valence-electron chi connectivity index (χ1n) is 6.18. The summed E-state index contributed by atoms with van der Waals surface area (Å²) in [5.41, 5.74) is 0. The molecule has 0 aliphatic rings. The van der Waals surface area contributed by atoms with Gasteiger partial charge in [-0.15, -0.1) is 0 Å². The third-order valence-corrected chi connectivity index (χ3v) is 4.29. The second-order valence-electron chi connectivity index (χ2n) is 4.10. The van der Waals surface area contributed by atoms with Gasteiger partial charge in [0, 0.05) is 36.3 Å². The fourth-order valence-electron chi connectivity index (χ4n) is 1.86. The Morgan fingerprint density at radius 2 is 2.05 bits per heavy atom. The highest BCUT2D eigenvalue weighted by Gasteiger charge is 2.16. The summed E-state index contributed by atoms with van der Waals surface area (Å²) in [6.07, 6.45) is 3.26. The number of sulfonamides is 1. The van der Waals surface area contributed by atoms with Crippen LogP contribution in [0.25, 0.3) is 10.8 Å². The predicted octanol–water partition coefficient (Wildman–Crippen LogP) is 1.12. The number of benzene rings is 1. The largest absolute Gasteiger partial charge is 0.316 e. The zero-order valence-corrected chi connectivity index (χ0v) is 11.6. The van der Waals surface area contributed by atoms with Crippen molar-refractivity contribution in [3.63, 3.8) is 0 Å². The van der Waals surface area contributed by atoms with Crippen LogP contribution in [0.5, 0.6) is 0 Å². The fourth-order valence-corrected chi connectivity index (χ4v) is 3.11. The molecule has 102 valence electrons. The van der Waals surface area contributed by atoms with Crippen molar-refractivity contribution in [1.29, 1.82) is 0 Å². The van der Waals surface area contributed by atoms with Gasteiger partial charge in [0.2, 0.25) is 10.0 Å². The second-order valence-corrected chi connectivity index (χ2v) is 5.84. The van der Waals surface area contributed by atoms with Crippen LogP contribution in [0.3, 0.4) is 0 Å². The average Bonchev–Trinajstić information content (AvgIpc) is 2.43. The first kappa shape index (κ1) is 13.9. The molecule has 0 bridgehead atoms. The lowest BCUT2D eigenvalue weighted by molar-refractivity contribution is 0.578. The molecule has 0 amide bonds. The summed E-state index contributed by atoms with van der Waals surface area (Å²) < 4.78 is 27.1. The van der Waals surface area contributed by atoms with E-state index in [2.05, 4.69) is 15.0 Å². The molecule has 0 atom stereocenters. The highest BCUT2D eigenvalue weighted by Crippen LogP contribution is 2.21. The Morgan fingerprint density at radius 3 is 2.84 bits per heavy atom. The minimum atomic E-state index is -3.49. The van der Waals surface area contributed by atoms with Gasteiger partial charge in [-0.05, 0) is 18.7 Å². The van der Waals surface area contributed by atoms with E-state index in [1.54, 1.807) is 30.6 Å². The minimum Gasteiger partial charge on any atom is -0.316 e. The summed E-state index contributed by atoms with van der Waals surface area (Å²) >= 11 is 0. The number of hydrogen-bond donors (Lipinski definition) is 2. The molecule has 19 heavy (non-hydrogen) atoms. The van der Waals surface area contributed by atoms with Crippen molar-refractivity contribution >= 4 is 20.8 Å². The molecule has 2 rings (SSSR count). The van der Waals surface area contributed by atoms with Crippen molar-refractivity contribution in [2.45, 2.75) is 11.8 Å². The molecule has 0 radical (unpaired) electrons. The van der Waals surface area contributed by atoms with Crippen LogP contribution in [-0.4, -0.2) is 33.0 Å². The number of nitrogens with zero attached hydrogens (tertiary/aromatic N) is 1. The Kier molecular flexibility index (Phi) is 4.47. The molecule has 1 heterocycles. The van der Waals surface area contributed by atoms with Crippen molar-refractivity contribution in [3.8, 4) is 0 Å². The quantitative estimate of drug-likeness (QED) is 0.777.